The van der Waals surface area contributed by atoms with Gasteiger partial charge in [-0.1, -0.05) is 30.7 Å². The minimum atomic E-state index is -0.161. The van der Waals surface area contributed by atoms with Gasteiger partial charge in [0, 0.05) is 37.1 Å². The number of nitrogens with one attached hydrogen (secondary N) is 1. The Balaban J connectivity index is 1.46. The third-order valence-corrected chi connectivity index (χ3v) is 5.33. The Labute approximate surface area is 159 Å². The van der Waals surface area contributed by atoms with E-state index in [-0.39, 0.29) is 17.5 Å². The highest BCUT2D eigenvalue weighted by molar-refractivity contribution is 7.20. The van der Waals surface area contributed by atoms with Gasteiger partial charge in [0.2, 0.25) is 10.1 Å². The minimum Gasteiger partial charge on any atom is -0.355 e. The minimum absolute atomic E-state index is 0.0636. The SMILES string of the molecule is CCCc1cc(=O)n2nc(NC3CCN(C(=O)c4ccccn4)C3)sc2n1. The zero-order valence-corrected chi connectivity index (χ0v) is 15.8. The number of amides is 1. The number of anilines is 1. The van der Waals surface area contributed by atoms with E-state index in [2.05, 4.69) is 27.3 Å². The predicted octanol–water partition coefficient (Wildman–Crippen LogP) is 1.83. The molecule has 140 valence electrons. The Morgan fingerprint density at radius 3 is 3.07 bits per heavy atom. The van der Waals surface area contributed by atoms with Gasteiger partial charge in [-0.2, -0.15) is 4.52 Å². The molecule has 3 aromatic heterocycles. The molecule has 1 fully saturated rings. The standard InChI is InChI=1S/C18H20N6O2S/c1-2-5-12-10-15(25)24-18(21-12)27-17(22-24)20-13-7-9-23(11-13)16(26)14-6-3-4-8-19-14/h3-4,6,8,10,13H,2,5,7,9,11H2,1H3,(H,20,22). The van der Waals surface area contributed by atoms with Gasteiger partial charge in [-0.05, 0) is 25.0 Å². The van der Waals surface area contributed by atoms with E-state index in [9.17, 15) is 9.59 Å². The quantitative estimate of drug-likeness (QED) is 0.721. The molecule has 0 spiro atoms. The third kappa shape index (κ3) is 3.68. The summed E-state index contributed by atoms with van der Waals surface area (Å²) in [6, 6.07) is 6.96. The number of aromatic nitrogens is 4. The molecule has 9 heteroatoms. The van der Waals surface area contributed by atoms with Crippen LogP contribution < -0.4 is 10.9 Å². The molecular formula is C18H20N6O2S. The van der Waals surface area contributed by atoms with E-state index in [1.807, 2.05) is 6.07 Å². The van der Waals surface area contributed by atoms with Crippen molar-refractivity contribution in [3.8, 4) is 0 Å². The highest BCUT2D eigenvalue weighted by Gasteiger charge is 2.28. The molecule has 0 aliphatic carbocycles. The van der Waals surface area contributed by atoms with Gasteiger partial charge in [-0.25, -0.2) is 4.98 Å². The van der Waals surface area contributed by atoms with E-state index in [4.69, 9.17) is 0 Å². The Morgan fingerprint density at radius 2 is 2.30 bits per heavy atom. The molecule has 1 N–H and O–H groups in total. The maximum absolute atomic E-state index is 12.5. The Bertz CT molecular complexity index is 1020. The van der Waals surface area contributed by atoms with Gasteiger partial charge in [0.1, 0.15) is 5.69 Å². The van der Waals surface area contributed by atoms with Crippen molar-refractivity contribution < 1.29 is 4.79 Å². The zero-order chi connectivity index (χ0) is 18.8. The summed E-state index contributed by atoms with van der Waals surface area (Å²) >= 11 is 1.36. The average molecular weight is 384 g/mol. The van der Waals surface area contributed by atoms with Crippen LogP contribution in [-0.4, -0.2) is 49.5 Å². The maximum atomic E-state index is 12.5. The Morgan fingerprint density at radius 1 is 1.41 bits per heavy atom. The van der Waals surface area contributed by atoms with Crippen LogP contribution in [-0.2, 0) is 6.42 Å². The number of hydrogen-bond donors (Lipinski definition) is 1. The summed E-state index contributed by atoms with van der Waals surface area (Å²) in [4.78, 5) is 35.7. The van der Waals surface area contributed by atoms with E-state index in [1.165, 1.54) is 15.9 Å². The lowest BCUT2D eigenvalue weighted by Gasteiger charge is -2.16. The number of fused-ring (bicyclic) bond motifs is 1. The van der Waals surface area contributed by atoms with Crippen LogP contribution in [0.1, 0.15) is 35.9 Å². The first-order valence-electron chi connectivity index (χ1n) is 9.00. The van der Waals surface area contributed by atoms with Gasteiger partial charge in [0.15, 0.2) is 0 Å². The lowest BCUT2D eigenvalue weighted by atomic mass is 10.2. The molecule has 8 nitrogen and oxygen atoms in total. The molecular weight excluding hydrogens is 364 g/mol. The maximum Gasteiger partial charge on any atom is 0.275 e. The van der Waals surface area contributed by atoms with Crippen LogP contribution in [0.4, 0.5) is 5.13 Å². The topological polar surface area (TPSA) is 92.5 Å². The number of pyridine rings is 1. The molecule has 1 aliphatic heterocycles. The summed E-state index contributed by atoms with van der Waals surface area (Å²) in [5.74, 6) is -0.0636. The number of aryl methyl sites for hydroxylation is 1. The summed E-state index contributed by atoms with van der Waals surface area (Å²) < 4.78 is 1.33. The molecule has 1 unspecified atom stereocenters. The van der Waals surface area contributed by atoms with E-state index in [1.54, 1.807) is 29.3 Å². The molecule has 1 saturated heterocycles. The summed E-state index contributed by atoms with van der Waals surface area (Å²) in [5.41, 5.74) is 1.09. The van der Waals surface area contributed by atoms with Gasteiger partial charge in [0.25, 0.3) is 11.5 Å². The van der Waals surface area contributed by atoms with Crippen molar-refractivity contribution in [2.24, 2.45) is 0 Å². The van der Waals surface area contributed by atoms with Crippen molar-refractivity contribution in [3.05, 3.63) is 52.2 Å². The highest BCUT2D eigenvalue weighted by atomic mass is 32.1. The normalized spacial score (nSPS) is 16.8. The molecule has 0 aromatic carbocycles. The molecule has 1 atom stereocenters. The van der Waals surface area contributed by atoms with Crippen LogP contribution in [0.15, 0.2) is 35.3 Å². The molecule has 0 radical (unpaired) electrons. The fourth-order valence-corrected chi connectivity index (χ4v) is 4.09. The fraction of sp³-hybridized carbons (Fsp3) is 0.389. The largest absolute Gasteiger partial charge is 0.355 e. The van der Waals surface area contributed by atoms with Crippen LogP contribution in [0.5, 0.6) is 0 Å². The Kier molecular flexibility index (Phi) is 4.85. The summed E-state index contributed by atoms with van der Waals surface area (Å²) in [7, 11) is 0. The number of carbonyl (C=O) groups is 1. The van der Waals surface area contributed by atoms with Gasteiger partial charge in [0.05, 0.1) is 0 Å². The summed E-state index contributed by atoms with van der Waals surface area (Å²) in [6.07, 6.45) is 4.16. The molecule has 0 bridgehead atoms. The molecule has 0 saturated carbocycles. The molecule has 1 aliphatic rings. The summed E-state index contributed by atoms with van der Waals surface area (Å²) in [6.45, 7) is 3.30. The Hall–Kier alpha value is -2.81. The third-order valence-electron chi connectivity index (χ3n) is 4.49. The smallest absolute Gasteiger partial charge is 0.275 e. The highest BCUT2D eigenvalue weighted by Crippen LogP contribution is 2.21. The van der Waals surface area contributed by atoms with Gasteiger partial charge < -0.3 is 10.2 Å². The second kappa shape index (κ2) is 7.43. The second-order valence-electron chi connectivity index (χ2n) is 6.53. The van der Waals surface area contributed by atoms with Crippen LogP contribution in [0.25, 0.3) is 4.96 Å². The van der Waals surface area contributed by atoms with Crippen LogP contribution >= 0.6 is 11.3 Å². The van der Waals surface area contributed by atoms with Crippen molar-refractivity contribution in [1.29, 1.82) is 0 Å². The van der Waals surface area contributed by atoms with Crippen molar-refractivity contribution in [2.75, 3.05) is 18.4 Å². The lowest BCUT2D eigenvalue weighted by molar-refractivity contribution is 0.0786. The van der Waals surface area contributed by atoms with Crippen molar-refractivity contribution in [3.63, 3.8) is 0 Å². The van der Waals surface area contributed by atoms with E-state index in [0.29, 0.717) is 28.9 Å². The van der Waals surface area contributed by atoms with E-state index >= 15 is 0 Å². The first-order valence-corrected chi connectivity index (χ1v) is 9.82. The number of likely N-dealkylation sites (tertiary alicyclic amines) is 1. The fourth-order valence-electron chi connectivity index (χ4n) is 3.19. The van der Waals surface area contributed by atoms with Crippen molar-refractivity contribution >= 4 is 27.3 Å². The number of carbonyl (C=O) groups excluding carboxylic acids is 1. The first kappa shape index (κ1) is 17.6. The number of hydrogen-bond acceptors (Lipinski definition) is 7. The van der Waals surface area contributed by atoms with Gasteiger partial charge >= 0.3 is 0 Å². The molecule has 3 aromatic rings. The molecule has 27 heavy (non-hydrogen) atoms. The predicted molar refractivity (Wildman–Crippen MR) is 103 cm³/mol. The van der Waals surface area contributed by atoms with Crippen LogP contribution in [0, 0.1) is 0 Å². The average Bonchev–Trinajstić information content (AvgIpc) is 3.29. The lowest BCUT2D eigenvalue weighted by Crippen LogP contribution is -2.32. The van der Waals surface area contributed by atoms with Crippen LogP contribution in [0.2, 0.25) is 0 Å². The zero-order valence-electron chi connectivity index (χ0n) is 15.0. The second-order valence-corrected chi connectivity index (χ2v) is 7.49. The molecule has 4 rings (SSSR count). The number of nitrogens with zero attached hydrogens (tertiary/aromatic N) is 5. The molecule has 1 amide bonds. The first-order chi connectivity index (χ1) is 13.1. The van der Waals surface area contributed by atoms with Crippen LogP contribution in [0.3, 0.4) is 0 Å². The summed E-state index contributed by atoms with van der Waals surface area (Å²) in [5, 5.41) is 8.32. The van der Waals surface area contributed by atoms with E-state index < -0.39 is 0 Å². The van der Waals surface area contributed by atoms with E-state index in [0.717, 1.165) is 25.0 Å². The van der Waals surface area contributed by atoms with Crippen molar-refractivity contribution in [2.45, 2.75) is 32.2 Å². The number of rotatable bonds is 5. The van der Waals surface area contributed by atoms with Gasteiger partial charge in [-0.3, -0.25) is 14.6 Å². The molecule has 4 heterocycles. The van der Waals surface area contributed by atoms with Gasteiger partial charge in [-0.15, -0.1) is 5.10 Å². The van der Waals surface area contributed by atoms with Crippen molar-refractivity contribution in [1.82, 2.24) is 24.5 Å². The monoisotopic (exact) mass is 384 g/mol.